The van der Waals surface area contributed by atoms with Crippen LogP contribution in [0.3, 0.4) is 0 Å². The van der Waals surface area contributed by atoms with Crippen molar-refractivity contribution < 1.29 is 14.6 Å². The monoisotopic (exact) mass is 327 g/mol. The summed E-state index contributed by atoms with van der Waals surface area (Å²) in [4.78, 5) is 2.61. The number of aliphatic hydroxyl groups excluding tert-OH is 1. The summed E-state index contributed by atoms with van der Waals surface area (Å²) in [6.45, 7) is 3.30. The molecule has 2 aliphatic heterocycles. The molecule has 0 radical (unpaired) electrons. The van der Waals surface area contributed by atoms with Crippen LogP contribution in [-0.2, 0) is 12.0 Å². The van der Waals surface area contributed by atoms with Crippen LogP contribution in [0.15, 0.2) is 24.3 Å². The molecule has 1 aromatic carbocycles. The normalized spacial score (nSPS) is 34.2. The first-order chi connectivity index (χ1) is 11.7. The first kappa shape index (κ1) is 14.8. The van der Waals surface area contributed by atoms with Crippen molar-refractivity contribution in [3.8, 4) is 11.5 Å². The van der Waals surface area contributed by atoms with E-state index in [1.54, 1.807) is 7.11 Å². The van der Waals surface area contributed by atoms with Crippen LogP contribution in [0.25, 0.3) is 0 Å². The van der Waals surface area contributed by atoms with Crippen LogP contribution >= 0.6 is 0 Å². The van der Waals surface area contributed by atoms with E-state index < -0.39 is 6.10 Å². The molecule has 2 aliphatic carbocycles. The highest BCUT2D eigenvalue weighted by molar-refractivity contribution is 5.61. The van der Waals surface area contributed by atoms with E-state index in [1.165, 1.54) is 30.5 Å². The van der Waals surface area contributed by atoms with Crippen LogP contribution in [0.1, 0.15) is 36.8 Å². The van der Waals surface area contributed by atoms with E-state index >= 15 is 0 Å². The molecule has 0 aromatic heterocycles. The maximum Gasteiger partial charge on any atom is 0.166 e. The lowest BCUT2D eigenvalue weighted by Gasteiger charge is -2.35. The van der Waals surface area contributed by atoms with E-state index in [0.29, 0.717) is 6.42 Å². The highest BCUT2D eigenvalue weighted by Crippen LogP contribution is 2.55. The molecule has 128 valence electrons. The Bertz CT molecular complexity index is 696. The second-order valence-corrected chi connectivity index (χ2v) is 7.87. The van der Waals surface area contributed by atoms with Gasteiger partial charge in [-0.15, -0.1) is 0 Å². The Balaban J connectivity index is 1.62. The highest BCUT2D eigenvalue weighted by Gasteiger charge is 2.52. The van der Waals surface area contributed by atoms with Crippen LogP contribution < -0.4 is 9.47 Å². The Labute approximate surface area is 143 Å². The lowest BCUT2D eigenvalue weighted by molar-refractivity contribution is 0.0808. The van der Waals surface area contributed by atoms with E-state index in [9.17, 15) is 5.11 Å². The number of hydrogen-bond donors (Lipinski definition) is 1. The molecule has 0 saturated heterocycles. The minimum absolute atomic E-state index is 0.0171. The van der Waals surface area contributed by atoms with Crippen LogP contribution in [0.2, 0.25) is 0 Å². The number of nitrogens with zero attached hydrogens (tertiary/aromatic N) is 1. The van der Waals surface area contributed by atoms with Crippen molar-refractivity contribution in [2.24, 2.45) is 5.92 Å². The number of methoxy groups -OCH3 is 1. The van der Waals surface area contributed by atoms with Gasteiger partial charge in [0.1, 0.15) is 6.10 Å². The number of hydrogen-bond acceptors (Lipinski definition) is 4. The van der Waals surface area contributed by atoms with Gasteiger partial charge in [-0.25, -0.2) is 0 Å². The Morgan fingerprint density at radius 3 is 3.04 bits per heavy atom. The van der Waals surface area contributed by atoms with E-state index in [0.717, 1.165) is 36.9 Å². The zero-order valence-electron chi connectivity index (χ0n) is 14.2. The predicted octanol–water partition coefficient (Wildman–Crippen LogP) is 2.63. The van der Waals surface area contributed by atoms with Gasteiger partial charge in [0.15, 0.2) is 11.5 Å². The standard InChI is InChI=1S/C20H25NO3/c1-23-16-5-4-14-12-21(11-13-2-3-13)9-8-20-7-6-15(22)10-17(20)24-19(16)18(14)20/h4-7,13,15,17,22H,2-3,8-12H2,1H3/t15-,17-,20?/m0/s1. The van der Waals surface area contributed by atoms with Crippen LogP contribution in [0.5, 0.6) is 11.5 Å². The predicted molar refractivity (Wildman–Crippen MR) is 91.5 cm³/mol. The van der Waals surface area contributed by atoms with Crippen molar-refractivity contribution in [1.29, 1.82) is 0 Å². The van der Waals surface area contributed by atoms with Crippen molar-refractivity contribution in [2.75, 3.05) is 20.2 Å². The summed E-state index contributed by atoms with van der Waals surface area (Å²) in [5.74, 6) is 2.63. The molecule has 1 saturated carbocycles. The molecular weight excluding hydrogens is 302 g/mol. The molecule has 1 fully saturated rings. The highest BCUT2D eigenvalue weighted by atomic mass is 16.5. The summed E-state index contributed by atoms with van der Waals surface area (Å²) in [5.41, 5.74) is 2.58. The van der Waals surface area contributed by atoms with Gasteiger partial charge in [-0.05, 0) is 43.4 Å². The van der Waals surface area contributed by atoms with E-state index in [-0.39, 0.29) is 11.5 Å². The van der Waals surface area contributed by atoms with Gasteiger partial charge in [0.05, 0.1) is 18.6 Å². The molecule has 24 heavy (non-hydrogen) atoms. The maximum atomic E-state index is 10.1. The fraction of sp³-hybridized carbons (Fsp3) is 0.600. The molecule has 0 bridgehead atoms. The van der Waals surface area contributed by atoms with Gasteiger partial charge in [-0.2, -0.15) is 0 Å². The van der Waals surface area contributed by atoms with Crippen molar-refractivity contribution in [1.82, 2.24) is 4.90 Å². The van der Waals surface area contributed by atoms with Crippen molar-refractivity contribution in [3.05, 3.63) is 35.4 Å². The molecule has 1 N–H and O–H groups in total. The second kappa shape index (κ2) is 5.24. The Morgan fingerprint density at radius 2 is 2.25 bits per heavy atom. The summed E-state index contributed by atoms with van der Waals surface area (Å²) in [5, 5.41) is 10.1. The largest absolute Gasteiger partial charge is 0.493 e. The zero-order valence-corrected chi connectivity index (χ0v) is 14.2. The lowest BCUT2D eigenvalue weighted by atomic mass is 9.69. The summed E-state index contributed by atoms with van der Waals surface area (Å²) < 4.78 is 11.9. The number of benzene rings is 1. The summed E-state index contributed by atoms with van der Waals surface area (Å²) >= 11 is 0. The van der Waals surface area contributed by atoms with E-state index in [4.69, 9.17) is 9.47 Å². The SMILES string of the molecule is COc1ccc2c3c1O[C@H]1C[C@@H](O)C=CC31CCN(CC1CC1)C2. The molecule has 4 heteroatoms. The molecule has 5 rings (SSSR count). The lowest BCUT2D eigenvalue weighted by Crippen LogP contribution is -2.43. The second-order valence-electron chi connectivity index (χ2n) is 7.87. The molecule has 2 heterocycles. The van der Waals surface area contributed by atoms with Crippen LogP contribution in [0, 0.1) is 5.92 Å². The third-order valence-corrected chi connectivity index (χ3v) is 6.25. The summed E-state index contributed by atoms with van der Waals surface area (Å²) in [6, 6.07) is 4.26. The van der Waals surface area contributed by atoms with Gasteiger partial charge in [0, 0.05) is 25.1 Å². The first-order valence-electron chi connectivity index (χ1n) is 9.16. The minimum atomic E-state index is -0.407. The average Bonchev–Trinajstić information content (AvgIpc) is 3.34. The topological polar surface area (TPSA) is 41.9 Å². The molecule has 4 nitrogen and oxygen atoms in total. The molecular formula is C20H25NO3. The first-order valence-corrected chi connectivity index (χ1v) is 9.16. The Morgan fingerprint density at radius 1 is 1.38 bits per heavy atom. The Hall–Kier alpha value is -1.52. The van der Waals surface area contributed by atoms with E-state index in [1.807, 2.05) is 12.1 Å². The fourth-order valence-corrected chi connectivity index (χ4v) is 4.82. The van der Waals surface area contributed by atoms with Crippen LogP contribution in [0.4, 0.5) is 0 Å². The van der Waals surface area contributed by atoms with Gasteiger partial charge in [0.25, 0.3) is 0 Å². The molecule has 1 unspecified atom stereocenters. The molecule has 0 amide bonds. The number of rotatable bonds is 3. The summed E-state index contributed by atoms with van der Waals surface area (Å²) in [6.07, 6.45) is 8.30. The summed E-state index contributed by atoms with van der Waals surface area (Å²) in [7, 11) is 1.71. The third kappa shape index (κ3) is 2.12. The zero-order chi connectivity index (χ0) is 16.3. The quantitative estimate of drug-likeness (QED) is 0.867. The van der Waals surface area contributed by atoms with Crippen molar-refractivity contribution in [3.63, 3.8) is 0 Å². The average molecular weight is 327 g/mol. The van der Waals surface area contributed by atoms with E-state index in [2.05, 4.69) is 17.0 Å². The van der Waals surface area contributed by atoms with Gasteiger partial charge in [-0.1, -0.05) is 18.2 Å². The fourth-order valence-electron chi connectivity index (χ4n) is 4.82. The Kier molecular flexibility index (Phi) is 3.23. The van der Waals surface area contributed by atoms with Gasteiger partial charge < -0.3 is 14.6 Å². The molecule has 4 aliphatic rings. The van der Waals surface area contributed by atoms with Crippen molar-refractivity contribution >= 4 is 0 Å². The van der Waals surface area contributed by atoms with Gasteiger partial charge in [0.2, 0.25) is 0 Å². The number of ether oxygens (including phenoxy) is 2. The molecule has 3 atom stereocenters. The maximum absolute atomic E-state index is 10.1. The molecule has 1 spiro atoms. The smallest absolute Gasteiger partial charge is 0.166 e. The van der Waals surface area contributed by atoms with Gasteiger partial charge in [-0.3, -0.25) is 4.90 Å². The van der Waals surface area contributed by atoms with Crippen molar-refractivity contribution in [2.45, 2.75) is 49.9 Å². The van der Waals surface area contributed by atoms with Crippen LogP contribution in [-0.4, -0.2) is 42.4 Å². The third-order valence-electron chi connectivity index (χ3n) is 6.25. The minimum Gasteiger partial charge on any atom is -0.493 e. The van der Waals surface area contributed by atoms with Gasteiger partial charge >= 0.3 is 0 Å². The molecule has 1 aromatic rings. The number of aliphatic hydroxyl groups is 1.